The third kappa shape index (κ3) is 3.61. The highest BCUT2D eigenvalue weighted by Crippen LogP contribution is 2.28. The summed E-state index contributed by atoms with van der Waals surface area (Å²) in [5.41, 5.74) is 7.16. The molecule has 22 heavy (non-hydrogen) atoms. The zero-order chi connectivity index (χ0) is 15.5. The highest BCUT2D eigenvalue weighted by Gasteiger charge is 2.33. The van der Waals surface area contributed by atoms with Crippen LogP contribution in [0.25, 0.3) is 0 Å². The normalized spacial score (nSPS) is 26.2. The Labute approximate surface area is 132 Å². The first-order valence-electron chi connectivity index (χ1n) is 8.39. The summed E-state index contributed by atoms with van der Waals surface area (Å²) in [6, 6.07) is 8.39. The number of ether oxygens (including phenoxy) is 1. The number of nitrogens with zero attached hydrogens (tertiary/aromatic N) is 1. The van der Waals surface area contributed by atoms with Gasteiger partial charge in [-0.05, 0) is 38.3 Å². The summed E-state index contributed by atoms with van der Waals surface area (Å²) < 4.78 is 6.02. The molecule has 1 amide bonds. The first-order chi connectivity index (χ1) is 10.6. The van der Waals surface area contributed by atoms with Gasteiger partial charge in [-0.2, -0.15) is 0 Å². The molecule has 1 heterocycles. The third-order valence-electron chi connectivity index (χ3n) is 4.90. The lowest BCUT2D eigenvalue weighted by molar-refractivity contribution is -0.137. The molecule has 3 rings (SSSR count). The molecule has 1 aromatic carbocycles. The van der Waals surface area contributed by atoms with Crippen LogP contribution in [0.4, 0.5) is 0 Å². The van der Waals surface area contributed by atoms with Crippen molar-refractivity contribution < 1.29 is 9.53 Å². The van der Waals surface area contributed by atoms with Gasteiger partial charge in [-0.1, -0.05) is 17.7 Å². The molecule has 1 aliphatic carbocycles. The molecule has 4 nitrogen and oxygen atoms in total. The molecular formula is C18H26N2O2. The fraction of sp³-hybridized carbons (Fsp3) is 0.611. The van der Waals surface area contributed by atoms with E-state index in [-0.39, 0.29) is 18.1 Å². The zero-order valence-electron chi connectivity index (χ0n) is 13.3. The van der Waals surface area contributed by atoms with Crippen molar-refractivity contribution in [3.05, 3.63) is 29.8 Å². The quantitative estimate of drug-likeness (QED) is 0.933. The minimum Gasteiger partial charge on any atom is -0.490 e. The molecule has 2 N–H and O–H groups in total. The maximum atomic E-state index is 12.5. The number of hydrogen-bond acceptors (Lipinski definition) is 3. The average Bonchev–Trinajstić information content (AvgIpc) is 2.96. The predicted molar refractivity (Wildman–Crippen MR) is 86.7 cm³/mol. The van der Waals surface area contributed by atoms with Gasteiger partial charge in [0.1, 0.15) is 11.9 Å². The minimum atomic E-state index is 0.157. The number of hydrogen-bond donors (Lipinski definition) is 1. The van der Waals surface area contributed by atoms with Gasteiger partial charge in [0, 0.05) is 37.9 Å². The van der Waals surface area contributed by atoms with E-state index in [1.807, 2.05) is 17.0 Å². The van der Waals surface area contributed by atoms with Crippen LogP contribution >= 0.6 is 0 Å². The number of aryl methyl sites for hydroxylation is 1. The number of carbonyl (C=O) groups excluding carboxylic acids is 1. The lowest BCUT2D eigenvalue weighted by Crippen LogP contribution is -2.44. The molecule has 1 aromatic rings. The van der Waals surface area contributed by atoms with Crippen LogP contribution in [-0.4, -0.2) is 36.0 Å². The van der Waals surface area contributed by atoms with Crippen LogP contribution in [0.1, 0.15) is 37.7 Å². The molecule has 0 aromatic heterocycles. The minimum absolute atomic E-state index is 0.157. The van der Waals surface area contributed by atoms with Crippen LogP contribution in [0.2, 0.25) is 0 Å². The van der Waals surface area contributed by atoms with Crippen molar-refractivity contribution in [1.82, 2.24) is 4.90 Å². The molecule has 0 radical (unpaired) electrons. The number of carbonyl (C=O) groups is 1. The van der Waals surface area contributed by atoms with Crippen LogP contribution in [0.15, 0.2) is 24.3 Å². The molecule has 1 saturated carbocycles. The number of rotatable bonds is 3. The Morgan fingerprint density at radius 2 is 1.82 bits per heavy atom. The lowest BCUT2D eigenvalue weighted by atomic mass is 10.0. The van der Waals surface area contributed by atoms with Crippen LogP contribution in [0.5, 0.6) is 5.75 Å². The first kappa shape index (κ1) is 15.3. The summed E-state index contributed by atoms with van der Waals surface area (Å²) in [4.78, 5) is 14.5. The first-order valence-corrected chi connectivity index (χ1v) is 8.39. The summed E-state index contributed by atoms with van der Waals surface area (Å²) >= 11 is 0. The van der Waals surface area contributed by atoms with Gasteiger partial charge in [-0.15, -0.1) is 0 Å². The van der Waals surface area contributed by atoms with Crippen molar-refractivity contribution >= 4 is 5.91 Å². The van der Waals surface area contributed by atoms with E-state index in [2.05, 4.69) is 19.1 Å². The van der Waals surface area contributed by atoms with Crippen LogP contribution < -0.4 is 10.5 Å². The van der Waals surface area contributed by atoms with E-state index < -0.39 is 0 Å². The molecule has 120 valence electrons. The van der Waals surface area contributed by atoms with Gasteiger partial charge in [-0.25, -0.2) is 0 Å². The number of amides is 1. The third-order valence-corrected chi connectivity index (χ3v) is 4.90. The Balaban J connectivity index is 1.48. The van der Waals surface area contributed by atoms with Gasteiger partial charge in [0.05, 0.1) is 0 Å². The maximum absolute atomic E-state index is 12.5. The Hall–Kier alpha value is -1.55. The molecule has 1 saturated heterocycles. The Bertz CT molecular complexity index is 506. The molecule has 2 fully saturated rings. The zero-order valence-corrected chi connectivity index (χ0v) is 13.3. The fourth-order valence-electron chi connectivity index (χ4n) is 3.50. The van der Waals surface area contributed by atoms with Crippen LogP contribution in [0, 0.1) is 12.8 Å². The van der Waals surface area contributed by atoms with Crippen molar-refractivity contribution in [2.75, 3.05) is 13.1 Å². The van der Waals surface area contributed by atoms with Gasteiger partial charge in [0.25, 0.3) is 0 Å². The second-order valence-corrected chi connectivity index (χ2v) is 6.73. The van der Waals surface area contributed by atoms with Crippen molar-refractivity contribution in [1.29, 1.82) is 0 Å². The molecule has 1 aliphatic heterocycles. The Morgan fingerprint density at radius 3 is 2.41 bits per heavy atom. The van der Waals surface area contributed by atoms with E-state index in [0.29, 0.717) is 5.91 Å². The van der Waals surface area contributed by atoms with Crippen molar-refractivity contribution in [2.24, 2.45) is 11.7 Å². The largest absolute Gasteiger partial charge is 0.490 e. The van der Waals surface area contributed by atoms with Gasteiger partial charge in [-0.3, -0.25) is 4.79 Å². The topological polar surface area (TPSA) is 55.6 Å². The highest BCUT2D eigenvalue weighted by molar-refractivity contribution is 5.79. The van der Waals surface area contributed by atoms with Gasteiger partial charge in [0.15, 0.2) is 0 Å². The van der Waals surface area contributed by atoms with Crippen LogP contribution in [0.3, 0.4) is 0 Å². The molecule has 0 bridgehead atoms. The summed E-state index contributed by atoms with van der Waals surface area (Å²) in [7, 11) is 0. The number of likely N-dealkylation sites (tertiary alicyclic amines) is 1. The van der Waals surface area contributed by atoms with E-state index >= 15 is 0 Å². The second kappa shape index (κ2) is 6.69. The van der Waals surface area contributed by atoms with Gasteiger partial charge >= 0.3 is 0 Å². The molecule has 4 heteroatoms. The molecule has 0 unspecified atom stereocenters. The van der Waals surface area contributed by atoms with Crippen molar-refractivity contribution in [3.63, 3.8) is 0 Å². The predicted octanol–water partition coefficient (Wildman–Crippen LogP) is 2.49. The number of benzene rings is 1. The summed E-state index contributed by atoms with van der Waals surface area (Å²) in [5.74, 6) is 1.39. The highest BCUT2D eigenvalue weighted by atomic mass is 16.5. The monoisotopic (exact) mass is 302 g/mol. The standard InChI is InChI=1S/C18H26N2O2/c1-13-2-6-16(7-3-13)22-17-8-10-20(11-9-17)18(21)14-4-5-15(19)12-14/h2-3,6-7,14-15,17H,4-5,8-12,19H2,1H3/t14-,15-/m0/s1. The Morgan fingerprint density at radius 1 is 1.14 bits per heavy atom. The summed E-state index contributed by atoms with van der Waals surface area (Å²) in [6.07, 6.45) is 4.86. The smallest absolute Gasteiger partial charge is 0.225 e. The van der Waals surface area contributed by atoms with Crippen molar-refractivity contribution in [3.8, 4) is 5.75 Å². The molecular weight excluding hydrogens is 276 g/mol. The maximum Gasteiger partial charge on any atom is 0.225 e. The lowest BCUT2D eigenvalue weighted by Gasteiger charge is -2.33. The van der Waals surface area contributed by atoms with E-state index in [1.54, 1.807) is 0 Å². The van der Waals surface area contributed by atoms with E-state index in [0.717, 1.165) is 50.9 Å². The molecule has 2 atom stereocenters. The summed E-state index contributed by atoms with van der Waals surface area (Å²) in [6.45, 7) is 3.69. The van der Waals surface area contributed by atoms with Crippen molar-refractivity contribution in [2.45, 2.75) is 51.2 Å². The van der Waals surface area contributed by atoms with Gasteiger partial charge in [0.2, 0.25) is 5.91 Å². The Kier molecular flexibility index (Phi) is 4.67. The van der Waals surface area contributed by atoms with E-state index in [9.17, 15) is 4.79 Å². The molecule has 0 spiro atoms. The summed E-state index contributed by atoms with van der Waals surface area (Å²) in [5, 5.41) is 0. The fourth-order valence-corrected chi connectivity index (χ4v) is 3.50. The molecule has 2 aliphatic rings. The second-order valence-electron chi connectivity index (χ2n) is 6.73. The number of piperidine rings is 1. The SMILES string of the molecule is Cc1ccc(OC2CCN(C(=O)[C@H]3CC[C@H](N)C3)CC2)cc1. The average molecular weight is 302 g/mol. The van der Waals surface area contributed by atoms with E-state index in [4.69, 9.17) is 10.5 Å². The van der Waals surface area contributed by atoms with Crippen LogP contribution in [-0.2, 0) is 4.79 Å². The van der Waals surface area contributed by atoms with Gasteiger partial charge < -0.3 is 15.4 Å². The van der Waals surface area contributed by atoms with E-state index in [1.165, 1.54) is 5.56 Å². The number of nitrogens with two attached hydrogens (primary N) is 1.